The number of nitrogens with zero attached hydrogens (tertiary/aromatic N) is 2. The van der Waals surface area contributed by atoms with E-state index in [1.165, 1.54) is 5.56 Å². The average Bonchev–Trinajstić information content (AvgIpc) is 2.40. The van der Waals surface area contributed by atoms with Gasteiger partial charge < -0.3 is 4.90 Å². The number of carbonyl (C=O) groups is 1. The van der Waals surface area contributed by atoms with Crippen LogP contribution in [0.1, 0.15) is 22.8 Å². The summed E-state index contributed by atoms with van der Waals surface area (Å²) in [6.45, 7) is 4.86. The summed E-state index contributed by atoms with van der Waals surface area (Å²) in [6, 6.07) is 11.7. The van der Waals surface area contributed by atoms with Gasteiger partial charge in [-0.25, -0.2) is 4.98 Å². The highest BCUT2D eigenvalue weighted by molar-refractivity contribution is 5.84. The molecular formula is C15H16N2O. The van der Waals surface area contributed by atoms with Crippen molar-refractivity contribution in [3.8, 4) is 0 Å². The summed E-state index contributed by atoms with van der Waals surface area (Å²) in [6.07, 6.45) is 2.56. The molecule has 1 heterocycles. The minimum Gasteiger partial charge on any atom is -0.326 e. The molecular weight excluding hydrogens is 224 g/mol. The second-order valence-corrected chi connectivity index (χ2v) is 4.12. The van der Waals surface area contributed by atoms with Gasteiger partial charge in [0, 0.05) is 18.4 Å². The molecule has 1 aromatic carbocycles. The molecule has 18 heavy (non-hydrogen) atoms. The molecule has 0 spiro atoms. The Balaban J connectivity index is 2.48. The van der Waals surface area contributed by atoms with Crippen molar-refractivity contribution in [2.24, 2.45) is 0 Å². The molecule has 0 saturated carbocycles. The first-order valence-corrected chi connectivity index (χ1v) is 6.00. The highest BCUT2D eigenvalue weighted by atomic mass is 16.1. The average molecular weight is 240 g/mol. The first kappa shape index (κ1) is 12.3. The molecule has 2 rings (SSSR count). The zero-order valence-corrected chi connectivity index (χ0v) is 10.6. The van der Waals surface area contributed by atoms with Gasteiger partial charge in [0.2, 0.25) is 0 Å². The summed E-state index contributed by atoms with van der Waals surface area (Å²) >= 11 is 0. The van der Waals surface area contributed by atoms with E-state index in [1.807, 2.05) is 24.0 Å². The van der Waals surface area contributed by atoms with Gasteiger partial charge in [0.15, 0.2) is 6.29 Å². The highest BCUT2D eigenvalue weighted by Crippen LogP contribution is 2.25. The number of rotatable bonds is 4. The molecule has 3 heteroatoms. The number of hydrogen-bond acceptors (Lipinski definition) is 3. The largest absolute Gasteiger partial charge is 0.326 e. The molecule has 0 unspecified atom stereocenters. The summed E-state index contributed by atoms with van der Waals surface area (Å²) in [5.41, 5.74) is 2.86. The smallest absolute Gasteiger partial charge is 0.153 e. The molecule has 0 N–H and O–H groups in total. The van der Waals surface area contributed by atoms with Crippen LogP contribution in [-0.4, -0.2) is 17.8 Å². The Bertz CT molecular complexity index is 552. The van der Waals surface area contributed by atoms with Crippen LogP contribution in [0.2, 0.25) is 0 Å². The molecule has 0 atom stereocenters. The molecule has 0 aliphatic rings. The Hall–Kier alpha value is -2.16. The number of hydrogen-bond donors (Lipinski definition) is 0. The second-order valence-electron chi connectivity index (χ2n) is 4.12. The number of anilines is 2. The third kappa shape index (κ3) is 2.40. The van der Waals surface area contributed by atoms with Crippen LogP contribution in [0.5, 0.6) is 0 Å². The van der Waals surface area contributed by atoms with Crippen molar-refractivity contribution in [3.05, 3.63) is 53.7 Å². The lowest BCUT2D eigenvalue weighted by Crippen LogP contribution is -2.19. The molecule has 0 fully saturated rings. The topological polar surface area (TPSA) is 33.2 Å². The lowest BCUT2D eigenvalue weighted by Gasteiger charge is -2.23. The molecule has 92 valence electrons. The van der Waals surface area contributed by atoms with E-state index < -0.39 is 0 Å². The maximum atomic E-state index is 11.1. The molecule has 2 aromatic rings. The van der Waals surface area contributed by atoms with Crippen LogP contribution < -0.4 is 4.90 Å². The van der Waals surface area contributed by atoms with E-state index in [0.717, 1.165) is 18.5 Å². The lowest BCUT2D eigenvalue weighted by molar-refractivity contribution is 0.112. The summed E-state index contributed by atoms with van der Waals surface area (Å²) in [5, 5.41) is 0. The quantitative estimate of drug-likeness (QED) is 0.768. The molecule has 0 aliphatic heterocycles. The van der Waals surface area contributed by atoms with Crippen LogP contribution in [0.3, 0.4) is 0 Å². The van der Waals surface area contributed by atoms with E-state index in [-0.39, 0.29) is 0 Å². The third-order valence-corrected chi connectivity index (χ3v) is 2.83. The fraction of sp³-hybridized carbons (Fsp3) is 0.200. The van der Waals surface area contributed by atoms with Gasteiger partial charge in [-0.15, -0.1) is 0 Å². The van der Waals surface area contributed by atoms with Gasteiger partial charge in [-0.3, -0.25) is 4.79 Å². The van der Waals surface area contributed by atoms with Crippen molar-refractivity contribution in [1.29, 1.82) is 0 Å². The Kier molecular flexibility index (Phi) is 3.72. The van der Waals surface area contributed by atoms with Crippen molar-refractivity contribution in [2.45, 2.75) is 13.8 Å². The fourth-order valence-corrected chi connectivity index (χ4v) is 1.98. The Morgan fingerprint density at radius 3 is 2.78 bits per heavy atom. The number of aryl methyl sites for hydroxylation is 1. The lowest BCUT2D eigenvalue weighted by atomic mass is 10.2. The SMILES string of the molecule is CCN(c1cccc(C)c1)c1ncccc1C=O. The summed E-state index contributed by atoms with van der Waals surface area (Å²) in [4.78, 5) is 17.4. The van der Waals surface area contributed by atoms with Crippen LogP contribution >= 0.6 is 0 Å². The van der Waals surface area contributed by atoms with E-state index in [4.69, 9.17) is 0 Å². The van der Waals surface area contributed by atoms with E-state index in [9.17, 15) is 4.79 Å². The molecule has 0 saturated heterocycles. The summed E-state index contributed by atoms with van der Waals surface area (Å²) < 4.78 is 0. The molecule has 3 nitrogen and oxygen atoms in total. The maximum absolute atomic E-state index is 11.1. The van der Waals surface area contributed by atoms with E-state index in [0.29, 0.717) is 11.4 Å². The normalized spacial score (nSPS) is 10.1. The Morgan fingerprint density at radius 2 is 2.11 bits per heavy atom. The van der Waals surface area contributed by atoms with Gasteiger partial charge in [-0.1, -0.05) is 12.1 Å². The van der Waals surface area contributed by atoms with E-state index in [2.05, 4.69) is 24.0 Å². The first-order valence-electron chi connectivity index (χ1n) is 6.00. The molecule has 0 amide bonds. The molecule has 1 aromatic heterocycles. The predicted octanol–water partition coefficient (Wildman–Crippen LogP) is 3.36. The zero-order valence-electron chi connectivity index (χ0n) is 10.6. The summed E-state index contributed by atoms with van der Waals surface area (Å²) in [7, 11) is 0. The molecule has 0 radical (unpaired) electrons. The predicted molar refractivity (Wildman–Crippen MR) is 73.5 cm³/mol. The van der Waals surface area contributed by atoms with Crippen LogP contribution in [0.4, 0.5) is 11.5 Å². The first-order chi connectivity index (χ1) is 8.76. The van der Waals surface area contributed by atoms with Crippen molar-refractivity contribution < 1.29 is 4.79 Å². The summed E-state index contributed by atoms with van der Waals surface area (Å²) in [5.74, 6) is 0.709. The van der Waals surface area contributed by atoms with Gasteiger partial charge in [0.1, 0.15) is 5.82 Å². The van der Waals surface area contributed by atoms with Crippen LogP contribution in [-0.2, 0) is 0 Å². The number of pyridine rings is 1. The molecule has 0 bridgehead atoms. The fourth-order valence-electron chi connectivity index (χ4n) is 1.98. The van der Waals surface area contributed by atoms with Crippen LogP contribution in [0, 0.1) is 6.92 Å². The third-order valence-electron chi connectivity index (χ3n) is 2.83. The van der Waals surface area contributed by atoms with Crippen LogP contribution in [0.25, 0.3) is 0 Å². The highest BCUT2D eigenvalue weighted by Gasteiger charge is 2.12. The standard InChI is InChI=1S/C15H16N2O/c1-3-17(14-8-4-6-12(2)10-14)15-13(11-18)7-5-9-16-15/h4-11H,3H2,1-2H3. The van der Waals surface area contributed by atoms with Crippen LogP contribution in [0.15, 0.2) is 42.6 Å². The number of aldehydes is 1. The van der Waals surface area contributed by atoms with Crippen molar-refractivity contribution >= 4 is 17.8 Å². The van der Waals surface area contributed by atoms with Gasteiger partial charge in [0.05, 0.1) is 5.56 Å². The Morgan fingerprint density at radius 1 is 1.28 bits per heavy atom. The van der Waals surface area contributed by atoms with Gasteiger partial charge in [-0.2, -0.15) is 0 Å². The minimum atomic E-state index is 0.612. The van der Waals surface area contributed by atoms with Gasteiger partial charge >= 0.3 is 0 Å². The monoisotopic (exact) mass is 240 g/mol. The van der Waals surface area contributed by atoms with Gasteiger partial charge in [0.25, 0.3) is 0 Å². The van der Waals surface area contributed by atoms with Gasteiger partial charge in [-0.05, 0) is 43.7 Å². The Labute approximate surface area is 107 Å². The number of aromatic nitrogens is 1. The number of carbonyl (C=O) groups excluding carboxylic acids is 1. The minimum absolute atomic E-state index is 0.612. The van der Waals surface area contributed by atoms with Crippen molar-refractivity contribution in [3.63, 3.8) is 0 Å². The second kappa shape index (κ2) is 5.45. The zero-order chi connectivity index (χ0) is 13.0. The molecule has 0 aliphatic carbocycles. The maximum Gasteiger partial charge on any atom is 0.153 e. The van der Waals surface area contributed by atoms with Crippen molar-refractivity contribution in [1.82, 2.24) is 4.98 Å². The van der Waals surface area contributed by atoms with Crippen molar-refractivity contribution in [2.75, 3.05) is 11.4 Å². The van der Waals surface area contributed by atoms with E-state index >= 15 is 0 Å². The van der Waals surface area contributed by atoms with E-state index in [1.54, 1.807) is 18.3 Å². The number of benzene rings is 1.